The summed E-state index contributed by atoms with van der Waals surface area (Å²) in [5, 5.41) is 4.26. The van der Waals surface area contributed by atoms with E-state index in [9.17, 15) is 0 Å². The molecule has 0 amide bonds. The molecule has 0 aliphatic carbocycles. The number of aryl methyl sites for hydroxylation is 2. The molecule has 4 nitrogen and oxygen atoms in total. The van der Waals surface area contributed by atoms with E-state index in [1.165, 1.54) is 5.56 Å². The quantitative estimate of drug-likeness (QED) is 0.851. The third-order valence-electron chi connectivity index (χ3n) is 3.45. The highest BCUT2D eigenvalue weighted by Crippen LogP contribution is 2.29. The number of hydrogen-bond donors (Lipinski definition) is 0. The predicted octanol–water partition coefficient (Wildman–Crippen LogP) is 3.12. The number of anilines is 1. The zero-order chi connectivity index (χ0) is 14.1. The second-order valence-electron chi connectivity index (χ2n) is 5.31. The maximum Gasteiger partial charge on any atom is 0.132 e. The molecule has 0 radical (unpaired) electrons. The molecule has 2 aromatic rings. The van der Waals surface area contributed by atoms with Crippen molar-refractivity contribution in [3.8, 4) is 0 Å². The molecule has 20 heavy (non-hydrogen) atoms. The van der Waals surface area contributed by atoms with Crippen LogP contribution in [-0.4, -0.2) is 29.2 Å². The van der Waals surface area contributed by atoms with Gasteiger partial charge in [-0.25, -0.2) is 9.97 Å². The molecule has 106 valence electrons. The summed E-state index contributed by atoms with van der Waals surface area (Å²) >= 11 is 1.71. The van der Waals surface area contributed by atoms with Crippen LogP contribution in [0, 0.1) is 13.8 Å². The highest BCUT2D eigenvalue weighted by Gasteiger charge is 2.27. The van der Waals surface area contributed by atoms with Crippen molar-refractivity contribution in [3.63, 3.8) is 0 Å². The van der Waals surface area contributed by atoms with E-state index in [2.05, 4.69) is 44.7 Å². The maximum absolute atomic E-state index is 6.06. The molecule has 2 unspecified atom stereocenters. The zero-order valence-corrected chi connectivity index (χ0v) is 12.9. The van der Waals surface area contributed by atoms with Crippen LogP contribution < -0.4 is 4.90 Å². The van der Waals surface area contributed by atoms with Gasteiger partial charge in [0.15, 0.2) is 0 Å². The van der Waals surface area contributed by atoms with Crippen molar-refractivity contribution in [3.05, 3.63) is 40.0 Å². The lowest BCUT2D eigenvalue weighted by atomic mass is 10.1. The molecule has 0 aromatic carbocycles. The predicted molar refractivity (Wildman–Crippen MR) is 81.3 cm³/mol. The van der Waals surface area contributed by atoms with Crippen LogP contribution in [0.3, 0.4) is 0 Å². The molecule has 1 saturated heterocycles. The van der Waals surface area contributed by atoms with E-state index in [0.717, 1.165) is 30.4 Å². The number of thiophene rings is 1. The van der Waals surface area contributed by atoms with Crippen molar-refractivity contribution in [1.82, 2.24) is 9.97 Å². The minimum atomic E-state index is 0.126. The Kier molecular flexibility index (Phi) is 3.72. The Hall–Kier alpha value is -1.46. The summed E-state index contributed by atoms with van der Waals surface area (Å²) < 4.78 is 6.06. The standard InChI is InChI=1S/C15H19N3OS/c1-10-6-15(17-12(3)16-10)18-7-11(2)19-14(8-18)13-4-5-20-9-13/h4-6,9,11,14H,7-8H2,1-3H3. The highest BCUT2D eigenvalue weighted by molar-refractivity contribution is 7.07. The number of rotatable bonds is 2. The second kappa shape index (κ2) is 5.50. The van der Waals surface area contributed by atoms with Crippen LogP contribution >= 0.6 is 11.3 Å². The Bertz CT molecular complexity index is 565. The fraction of sp³-hybridized carbons (Fsp3) is 0.467. The minimum absolute atomic E-state index is 0.126. The van der Waals surface area contributed by atoms with Gasteiger partial charge < -0.3 is 9.64 Å². The van der Waals surface area contributed by atoms with Crippen LogP contribution in [0.4, 0.5) is 5.82 Å². The smallest absolute Gasteiger partial charge is 0.132 e. The van der Waals surface area contributed by atoms with E-state index >= 15 is 0 Å². The van der Waals surface area contributed by atoms with Crippen molar-refractivity contribution in [2.24, 2.45) is 0 Å². The van der Waals surface area contributed by atoms with Gasteiger partial charge in [0.25, 0.3) is 0 Å². The van der Waals surface area contributed by atoms with Crippen molar-refractivity contribution in [1.29, 1.82) is 0 Å². The number of hydrogen-bond acceptors (Lipinski definition) is 5. The summed E-state index contributed by atoms with van der Waals surface area (Å²) in [7, 11) is 0. The molecule has 0 saturated carbocycles. The van der Waals surface area contributed by atoms with Gasteiger partial charge in [-0.15, -0.1) is 0 Å². The van der Waals surface area contributed by atoms with E-state index in [-0.39, 0.29) is 12.2 Å². The molecule has 2 aromatic heterocycles. The van der Waals surface area contributed by atoms with Gasteiger partial charge in [-0.3, -0.25) is 0 Å². The highest BCUT2D eigenvalue weighted by atomic mass is 32.1. The van der Waals surface area contributed by atoms with Gasteiger partial charge in [0, 0.05) is 24.8 Å². The lowest BCUT2D eigenvalue weighted by molar-refractivity contribution is -0.0174. The number of morpholine rings is 1. The molecule has 0 bridgehead atoms. The summed E-state index contributed by atoms with van der Waals surface area (Å²) in [6.07, 6.45) is 0.324. The van der Waals surface area contributed by atoms with Crippen molar-refractivity contribution in [2.75, 3.05) is 18.0 Å². The van der Waals surface area contributed by atoms with Crippen LogP contribution in [0.25, 0.3) is 0 Å². The molecule has 1 aliphatic heterocycles. The Morgan fingerprint density at radius 1 is 1.30 bits per heavy atom. The second-order valence-corrected chi connectivity index (χ2v) is 6.09. The normalized spacial score (nSPS) is 23.1. The summed E-state index contributed by atoms with van der Waals surface area (Å²) in [6.45, 7) is 7.79. The fourth-order valence-electron chi connectivity index (χ4n) is 2.64. The number of ether oxygens (including phenoxy) is 1. The molecule has 1 fully saturated rings. The van der Waals surface area contributed by atoms with Gasteiger partial charge in [0.1, 0.15) is 17.7 Å². The van der Waals surface area contributed by atoms with Crippen LogP contribution in [0.1, 0.15) is 30.1 Å². The summed E-state index contributed by atoms with van der Waals surface area (Å²) in [5.74, 6) is 1.83. The van der Waals surface area contributed by atoms with Gasteiger partial charge in [0.2, 0.25) is 0 Å². The van der Waals surface area contributed by atoms with Gasteiger partial charge >= 0.3 is 0 Å². The van der Waals surface area contributed by atoms with Crippen LogP contribution in [0.5, 0.6) is 0 Å². The number of aromatic nitrogens is 2. The fourth-order valence-corrected chi connectivity index (χ4v) is 3.34. The molecular formula is C15H19N3OS. The zero-order valence-electron chi connectivity index (χ0n) is 12.0. The third kappa shape index (κ3) is 2.83. The molecular weight excluding hydrogens is 270 g/mol. The first-order chi connectivity index (χ1) is 9.61. The Morgan fingerprint density at radius 2 is 2.15 bits per heavy atom. The van der Waals surface area contributed by atoms with Crippen molar-refractivity contribution >= 4 is 17.2 Å². The molecule has 3 heterocycles. The monoisotopic (exact) mass is 289 g/mol. The molecule has 1 aliphatic rings. The first kappa shape index (κ1) is 13.5. The summed E-state index contributed by atoms with van der Waals surface area (Å²) in [6, 6.07) is 4.19. The lowest BCUT2D eigenvalue weighted by Gasteiger charge is -2.37. The Balaban J connectivity index is 1.85. The van der Waals surface area contributed by atoms with E-state index in [1.54, 1.807) is 11.3 Å². The van der Waals surface area contributed by atoms with Gasteiger partial charge in [-0.2, -0.15) is 11.3 Å². The average Bonchev–Trinajstić information content (AvgIpc) is 2.90. The van der Waals surface area contributed by atoms with Crippen molar-refractivity contribution < 1.29 is 4.74 Å². The van der Waals surface area contributed by atoms with E-state index in [4.69, 9.17) is 4.74 Å². The Labute approximate surface area is 123 Å². The van der Waals surface area contributed by atoms with Gasteiger partial charge in [-0.1, -0.05) is 0 Å². The average molecular weight is 289 g/mol. The van der Waals surface area contributed by atoms with Crippen LogP contribution in [0.2, 0.25) is 0 Å². The maximum atomic E-state index is 6.06. The molecule has 3 rings (SSSR count). The largest absolute Gasteiger partial charge is 0.367 e. The number of nitrogens with zero attached hydrogens (tertiary/aromatic N) is 3. The molecule has 2 atom stereocenters. The topological polar surface area (TPSA) is 38.2 Å². The molecule has 5 heteroatoms. The minimum Gasteiger partial charge on any atom is -0.367 e. The molecule has 0 N–H and O–H groups in total. The van der Waals surface area contributed by atoms with Crippen LogP contribution in [-0.2, 0) is 4.74 Å². The van der Waals surface area contributed by atoms with E-state index < -0.39 is 0 Å². The van der Waals surface area contributed by atoms with Crippen LogP contribution in [0.15, 0.2) is 22.9 Å². The Morgan fingerprint density at radius 3 is 2.85 bits per heavy atom. The van der Waals surface area contributed by atoms with Gasteiger partial charge in [-0.05, 0) is 43.2 Å². The first-order valence-electron chi connectivity index (χ1n) is 6.86. The summed E-state index contributed by atoms with van der Waals surface area (Å²) in [4.78, 5) is 11.2. The van der Waals surface area contributed by atoms with Crippen molar-refractivity contribution in [2.45, 2.75) is 33.0 Å². The summed E-state index contributed by atoms with van der Waals surface area (Å²) in [5.41, 5.74) is 2.27. The first-order valence-corrected chi connectivity index (χ1v) is 7.81. The lowest BCUT2D eigenvalue weighted by Crippen LogP contribution is -2.43. The van der Waals surface area contributed by atoms with E-state index in [1.807, 2.05) is 13.8 Å². The van der Waals surface area contributed by atoms with Gasteiger partial charge in [0.05, 0.1) is 6.10 Å². The van der Waals surface area contributed by atoms with E-state index in [0.29, 0.717) is 0 Å². The SMILES string of the molecule is Cc1cc(N2CC(C)OC(c3ccsc3)C2)nc(C)n1. The molecule has 0 spiro atoms. The third-order valence-corrected chi connectivity index (χ3v) is 4.15.